The maximum Gasteiger partial charge on any atom is 0.130 e. The van der Waals surface area contributed by atoms with E-state index in [1.165, 1.54) is 18.2 Å². The maximum absolute atomic E-state index is 13.9. The van der Waals surface area contributed by atoms with Gasteiger partial charge in [0.1, 0.15) is 11.6 Å². The van der Waals surface area contributed by atoms with Crippen LogP contribution in [0, 0.1) is 17.0 Å². The van der Waals surface area contributed by atoms with Crippen LogP contribution in [0.5, 0.6) is 0 Å². The number of rotatable bonds is 7. The lowest BCUT2D eigenvalue weighted by atomic mass is 9.91. The molecule has 0 aliphatic rings. The zero-order chi connectivity index (χ0) is 15.3. The molecule has 2 nitrogen and oxygen atoms in total. The lowest BCUT2D eigenvalue weighted by Crippen LogP contribution is -2.40. The monoisotopic (exact) mass is 284 g/mol. The number of hydrogen-bond acceptors (Lipinski definition) is 2. The van der Waals surface area contributed by atoms with Gasteiger partial charge in [-0.05, 0) is 44.0 Å². The Hall–Kier alpha value is -1.00. The number of nitrogens with zero attached hydrogens (tertiary/aromatic N) is 1. The Balaban J connectivity index is 3.02. The molecule has 2 N–H and O–H groups in total. The Bertz CT molecular complexity index is 412. The highest BCUT2D eigenvalue weighted by Gasteiger charge is 2.27. The van der Waals surface area contributed by atoms with E-state index in [4.69, 9.17) is 5.73 Å². The van der Waals surface area contributed by atoms with Crippen LogP contribution in [0.25, 0.3) is 0 Å². The summed E-state index contributed by atoms with van der Waals surface area (Å²) in [4.78, 5) is 2.11. The van der Waals surface area contributed by atoms with E-state index in [-0.39, 0.29) is 17.0 Å². The van der Waals surface area contributed by atoms with Gasteiger partial charge in [-0.1, -0.05) is 26.8 Å². The van der Waals surface area contributed by atoms with Gasteiger partial charge in [0.15, 0.2) is 0 Å². The van der Waals surface area contributed by atoms with Gasteiger partial charge in [0.05, 0.1) is 0 Å². The van der Waals surface area contributed by atoms with Crippen molar-refractivity contribution in [2.24, 2.45) is 11.1 Å². The molecule has 20 heavy (non-hydrogen) atoms. The fourth-order valence-corrected chi connectivity index (χ4v) is 2.40. The number of benzene rings is 1. The van der Waals surface area contributed by atoms with E-state index < -0.39 is 11.6 Å². The van der Waals surface area contributed by atoms with Crippen molar-refractivity contribution < 1.29 is 8.78 Å². The molecule has 1 aromatic carbocycles. The zero-order valence-corrected chi connectivity index (χ0v) is 12.9. The maximum atomic E-state index is 13.9. The SMILES string of the molecule is CCCN(CC(C)(C)CN)C(C)c1c(F)cccc1F. The third-order valence-corrected chi connectivity index (χ3v) is 3.66. The molecule has 0 fully saturated rings. The first kappa shape index (κ1) is 17.1. The quantitative estimate of drug-likeness (QED) is 0.827. The molecule has 1 unspecified atom stereocenters. The lowest BCUT2D eigenvalue weighted by molar-refractivity contribution is 0.136. The summed E-state index contributed by atoms with van der Waals surface area (Å²) in [5.74, 6) is -0.965. The molecule has 0 aromatic heterocycles. The fourth-order valence-electron chi connectivity index (χ4n) is 2.40. The van der Waals surface area contributed by atoms with Gasteiger partial charge in [0, 0.05) is 18.2 Å². The van der Waals surface area contributed by atoms with E-state index >= 15 is 0 Å². The second kappa shape index (κ2) is 7.14. The first-order chi connectivity index (χ1) is 9.32. The Morgan fingerprint density at radius 2 is 1.80 bits per heavy atom. The second-order valence-electron chi connectivity index (χ2n) is 6.15. The summed E-state index contributed by atoms with van der Waals surface area (Å²) in [6.45, 7) is 10.1. The van der Waals surface area contributed by atoms with Gasteiger partial charge in [-0.3, -0.25) is 4.90 Å². The predicted octanol–water partition coefficient (Wildman–Crippen LogP) is 3.72. The minimum atomic E-state index is -0.482. The average Bonchev–Trinajstić information content (AvgIpc) is 2.37. The third-order valence-electron chi connectivity index (χ3n) is 3.66. The number of halogens is 2. The molecule has 0 saturated heterocycles. The molecule has 0 amide bonds. The van der Waals surface area contributed by atoms with E-state index in [0.717, 1.165) is 13.0 Å². The Kier molecular flexibility index (Phi) is 6.08. The molecule has 1 aromatic rings. The van der Waals surface area contributed by atoms with Gasteiger partial charge in [0.2, 0.25) is 0 Å². The first-order valence-corrected chi connectivity index (χ1v) is 7.20. The highest BCUT2D eigenvalue weighted by atomic mass is 19.1. The van der Waals surface area contributed by atoms with Crippen molar-refractivity contribution in [1.29, 1.82) is 0 Å². The fraction of sp³-hybridized carbons (Fsp3) is 0.625. The molecular weight excluding hydrogens is 258 g/mol. The molecule has 0 bridgehead atoms. The van der Waals surface area contributed by atoms with E-state index in [2.05, 4.69) is 25.7 Å². The molecule has 1 atom stereocenters. The van der Waals surface area contributed by atoms with Crippen LogP contribution in [0.3, 0.4) is 0 Å². The topological polar surface area (TPSA) is 29.3 Å². The van der Waals surface area contributed by atoms with Gasteiger partial charge in [-0.2, -0.15) is 0 Å². The zero-order valence-electron chi connectivity index (χ0n) is 12.9. The van der Waals surface area contributed by atoms with E-state index in [1.807, 2.05) is 6.92 Å². The molecule has 0 spiro atoms. The summed E-state index contributed by atoms with van der Waals surface area (Å²) >= 11 is 0. The first-order valence-electron chi connectivity index (χ1n) is 7.20. The largest absolute Gasteiger partial charge is 0.330 e. The van der Waals surface area contributed by atoms with Crippen LogP contribution in [0.15, 0.2) is 18.2 Å². The molecule has 0 radical (unpaired) electrons. The van der Waals surface area contributed by atoms with Crippen molar-refractivity contribution in [3.05, 3.63) is 35.4 Å². The Morgan fingerprint density at radius 3 is 2.25 bits per heavy atom. The molecule has 0 heterocycles. The third kappa shape index (κ3) is 4.25. The highest BCUT2D eigenvalue weighted by Crippen LogP contribution is 2.28. The molecule has 114 valence electrons. The molecule has 1 rings (SSSR count). The van der Waals surface area contributed by atoms with Crippen LogP contribution in [0.4, 0.5) is 8.78 Å². The molecular formula is C16H26F2N2. The standard InChI is InChI=1S/C16H26F2N2/c1-5-9-20(11-16(3,4)10-19)12(2)15-13(17)7-6-8-14(15)18/h6-8,12H,5,9-11,19H2,1-4H3. The van der Waals surface area contributed by atoms with Gasteiger partial charge >= 0.3 is 0 Å². The Labute approximate surface area is 121 Å². The van der Waals surface area contributed by atoms with E-state index in [1.54, 1.807) is 0 Å². The van der Waals surface area contributed by atoms with Crippen LogP contribution in [-0.2, 0) is 0 Å². The number of hydrogen-bond donors (Lipinski definition) is 1. The van der Waals surface area contributed by atoms with Crippen LogP contribution >= 0.6 is 0 Å². The predicted molar refractivity (Wildman–Crippen MR) is 79.5 cm³/mol. The van der Waals surface area contributed by atoms with Crippen molar-refractivity contribution in [3.8, 4) is 0 Å². The van der Waals surface area contributed by atoms with Crippen molar-refractivity contribution in [1.82, 2.24) is 4.90 Å². The van der Waals surface area contributed by atoms with Gasteiger partial charge in [-0.15, -0.1) is 0 Å². The molecule has 4 heteroatoms. The molecule has 0 aliphatic heterocycles. The van der Waals surface area contributed by atoms with Crippen LogP contribution in [0.1, 0.15) is 45.7 Å². The van der Waals surface area contributed by atoms with Crippen LogP contribution < -0.4 is 5.73 Å². The lowest BCUT2D eigenvalue weighted by Gasteiger charge is -2.36. The normalized spacial score (nSPS) is 13.8. The van der Waals surface area contributed by atoms with Crippen molar-refractivity contribution >= 4 is 0 Å². The van der Waals surface area contributed by atoms with Gasteiger partial charge in [0.25, 0.3) is 0 Å². The van der Waals surface area contributed by atoms with E-state index in [0.29, 0.717) is 13.1 Å². The smallest absolute Gasteiger partial charge is 0.130 e. The molecule has 0 saturated carbocycles. The average molecular weight is 284 g/mol. The second-order valence-corrected chi connectivity index (χ2v) is 6.15. The van der Waals surface area contributed by atoms with Crippen LogP contribution in [0.2, 0.25) is 0 Å². The van der Waals surface area contributed by atoms with E-state index in [9.17, 15) is 8.78 Å². The van der Waals surface area contributed by atoms with Crippen LogP contribution in [-0.4, -0.2) is 24.5 Å². The summed E-state index contributed by atoms with van der Waals surface area (Å²) in [5.41, 5.74) is 5.84. The highest BCUT2D eigenvalue weighted by molar-refractivity contribution is 5.23. The summed E-state index contributed by atoms with van der Waals surface area (Å²) in [6.07, 6.45) is 0.932. The van der Waals surface area contributed by atoms with Crippen molar-refractivity contribution in [3.63, 3.8) is 0 Å². The van der Waals surface area contributed by atoms with Crippen molar-refractivity contribution in [2.45, 2.75) is 40.2 Å². The summed E-state index contributed by atoms with van der Waals surface area (Å²) < 4.78 is 27.8. The molecule has 0 aliphatic carbocycles. The Morgan fingerprint density at radius 1 is 1.25 bits per heavy atom. The summed E-state index contributed by atoms with van der Waals surface area (Å²) in [7, 11) is 0. The summed E-state index contributed by atoms with van der Waals surface area (Å²) in [6, 6.07) is 3.72. The summed E-state index contributed by atoms with van der Waals surface area (Å²) in [5, 5.41) is 0. The number of nitrogens with two attached hydrogens (primary N) is 1. The van der Waals surface area contributed by atoms with Gasteiger partial charge in [-0.25, -0.2) is 8.78 Å². The van der Waals surface area contributed by atoms with Gasteiger partial charge < -0.3 is 5.73 Å². The minimum Gasteiger partial charge on any atom is -0.330 e. The van der Waals surface area contributed by atoms with Crippen molar-refractivity contribution in [2.75, 3.05) is 19.6 Å². The minimum absolute atomic E-state index is 0.0782.